The largest absolute Gasteiger partial charge is 0.458 e. The minimum atomic E-state index is -1.04. The van der Waals surface area contributed by atoms with Crippen LogP contribution in [-0.4, -0.2) is 46.6 Å². The lowest BCUT2D eigenvalue weighted by molar-refractivity contribution is -0.148. The molecule has 0 amide bonds. The summed E-state index contributed by atoms with van der Waals surface area (Å²) in [6.45, 7) is 12.5. The van der Waals surface area contributed by atoms with Crippen LogP contribution in [0.3, 0.4) is 0 Å². The zero-order valence-corrected chi connectivity index (χ0v) is 15.4. The second kappa shape index (κ2) is 8.01. The van der Waals surface area contributed by atoms with E-state index in [2.05, 4.69) is 13.2 Å². The molecule has 2 aliphatic rings. The Bertz CT molecular complexity index is 684. The molecule has 0 spiro atoms. The van der Waals surface area contributed by atoms with Gasteiger partial charge in [-0.2, -0.15) is 0 Å². The normalized spacial score (nSPS) is 34.5. The van der Waals surface area contributed by atoms with Gasteiger partial charge in [-0.15, -0.1) is 0 Å². The first-order valence-electron chi connectivity index (χ1n) is 8.60. The number of carbonyl (C=O) groups is 2. The summed E-state index contributed by atoms with van der Waals surface area (Å²) in [6, 6.07) is 0. The van der Waals surface area contributed by atoms with Gasteiger partial charge in [0.1, 0.15) is 12.2 Å². The van der Waals surface area contributed by atoms with Gasteiger partial charge in [0.25, 0.3) is 0 Å². The van der Waals surface area contributed by atoms with Crippen LogP contribution in [0.5, 0.6) is 0 Å². The minimum absolute atomic E-state index is 0.0668. The van der Waals surface area contributed by atoms with Crippen LogP contribution in [0, 0.1) is 5.92 Å². The third-order valence-corrected chi connectivity index (χ3v) is 4.67. The Balaban J connectivity index is 2.40. The standard InChI is InChI=1S/C20H26O6/c1-10-6-15(22)7-11(2)9-17-18(13(4)20(24)26-17)16(8-10)25-19(23)12(3)14(5)21/h6,9,14-18,21-22H,3-4,7-8H2,1-2,5H3/b10-6+,11-9+/t14-,15-,16-,17+,18+/m1/s1. The van der Waals surface area contributed by atoms with Gasteiger partial charge in [-0.1, -0.05) is 30.4 Å². The lowest BCUT2D eigenvalue weighted by atomic mass is 9.85. The quantitative estimate of drug-likeness (QED) is 0.453. The average Bonchev–Trinajstić information content (AvgIpc) is 2.78. The number of carbonyl (C=O) groups excluding carboxylic acids is 2. The molecule has 1 aliphatic heterocycles. The molecule has 6 nitrogen and oxygen atoms in total. The van der Waals surface area contributed by atoms with E-state index in [4.69, 9.17) is 9.47 Å². The second-order valence-corrected chi connectivity index (χ2v) is 7.07. The molecule has 1 fully saturated rings. The summed E-state index contributed by atoms with van der Waals surface area (Å²) in [7, 11) is 0. The summed E-state index contributed by atoms with van der Waals surface area (Å²) < 4.78 is 11.0. The van der Waals surface area contributed by atoms with Crippen molar-refractivity contribution in [3.8, 4) is 0 Å². The molecule has 1 heterocycles. The first-order valence-corrected chi connectivity index (χ1v) is 8.60. The fourth-order valence-electron chi connectivity index (χ4n) is 3.26. The molecule has 0 aromatic heterocycles. The number of fused-ring (bicyclic) bond motifs is 1. The SMILES string of the molecule is C=C1C(=O)O[C@H]2/C=C(\C)C[C@H](O)/C=C(\C)C[C@@H](OC(=O)C(=C)[C@@H](C)O)[C@H]12. The summed E-state index contributed by atoms with van der Waals surface area (Å²) in [5.74, 6) is -1.80. The fraction of sp³-hybridized carbons (Fsp3) is 0.500. The van der Waals surface area contributed by atoms with Gasteiger partial charge in [0, 0.05) is 12.0 Å². The number of hydrogen-bond donors (Lipinski definition) is 2. The van der Waals surface area contributed by atoms with E-state index in [9.17, 15) is 19.8 Å². The molecule has 0 aromatic rings. The maximum absolute atomic E-state index is 12.3. The van der Waals surface area contributed by atoms with E-state index in [0.29, 0.717) is 12.8 Å². The Labute approximate surface area is 153 Å². The molecule has 0 saturated carbocycles. The molecule has 6 heteroatoms. The topological polar surface area (TPSA) is 93.1 Å². The van der Waals surface area contributed by atoms with E-state index in [1.54, 1.807) is 12.2 Å². The predicted molar refractivity (Wildman–Crippen MR) is 96.0 cm³/mol. The molecule has 2 rings (SSSR count). The van der Waals surface area contributed by atoms with Crippen LogP contribution in [0.15, 0.2) is 47.6 Å². The predicted octanol–water partition coefficient (Wildman–Crippen LogP) is 1.98. The lowest BCUT2D eigenvalue weighted by Gasteiger charge is -2.28. The van der Waals surface area contributed by atoms with Crippen molar-refractivity contribution in [3.05, 3.63) is 47.6 Å². The number of aliphatic hydroxyl groups excluding tert-OH is 2. The van der Waals surface area contributed by atoms with Gasteiger partial charge in [0.05, 0.1) is 23.7 Å². The summed E-state index contributed by atoms with van der Waals surface area (Å²) in [5, 5.41) is 19.7. The first kappa shape index (κ1) is 20.1. The number of ether oxygens (including phenoxy) is 2. The van der Waals surface area contributed by atoms with Crippen LogP contribution in [0.1, 0.15) is 33.6 Å². The molecule has 5 atom stereocenters. The van der Waals surface area contributed by atoms with Crippen molar-refractivity contribution in [1.82, 2.24) is 0 Å². The van der Waals surface area contributed by atoms with Crippen molar-refractivity contribution >= 4 is 11.9 Å². The third kappa shape index (κ3) is 4.51. The summed E-state index contributed by atoms with van der Waals surface area (Å²) in [6.07, 6.45) is 1.15. The Morgan fingerprint density at radius 1 is 1.31 bits per heavy atom. The average molecular weight is 362 g/mol. The van der Waals surface area contributed by atoms with Crippen molar-refractivity contribution in [2.75, 3.05) is 0 Å². The number of esters is 2. The van der Waals surface area contributed by atoms with Crippen molar-refractivity contribution in [1.29, 1.82) is 0 Å². The molecule has 0 bridgehead atoms. The molecule has 142 valence electrons. The molecule has 1 saturated heterocycles. The van der Waals surface area contributed by atoms with Crippen LogP contribution in [0.4, 0.5) is 0 Å². The van der Waals surface area contributed by atoms with Crippen LogP contribution >= 0.6 is 0 Å². The van der Waals surface area contributed by atoms with Gasteiger partial charge in [0.15, 0.2) is 0 Å². The summed E-state index contributed by atoms with van der Waals surface area (Å²) in [4.78, 5) is 24.3. The minimum Gasteiger partial charge on any atom is -0.458 e. The summed E-state index contributed by atoms with van der Waals surface area (Å²) >= 11 is 0. The maximum atomic E-state index is 12.3. The molecule has 0 aromatic carbocycles. The van der Waals surface area contributed by atoms with E-state index in [-0.39, 0.29) is 11.1 Å². The molecule has 0 unspecified atom stereocenters. The first-order chi connectivity index (χ1) is 12.1. The van der Waals surface area contributed by atoms with Gasteiger partial charge >= 0.3 is 11.9 Å². The van der Waals surface area contributed by atoms with Gasteiger partial charge in [-0.25, -0.2) is 9.59 Å². The van der Waals surface area contributed by atoms with Gasteiger partial charge in [-0.05, 0) is 33.3 Å². The van der Waals surface area contributed by atoms with Crippen LogP contribution in [-0.2, 0) is 19.1 Å². The zero-order valence-electron chi connectivity index (χ0n) is 15.4. The van der Waals surface area contributed by atoms with E-state index in [1.165, 1.54) is 6.92 Å². The van der Waals surface area contributed by atoms with Crippen LogP contribution < -0.4 is 0 Å². The fourth-order valence-corrected chi connectivity index (χ4v) is 3.26. The highest BCUT2D eigenvalue weighted by atomic mass is 16.6. The number of rotatable bonds is 3. The van der Waals surface area contributed by atoms with Crippen LogP contribution in [0.2, 0.25) is 0 Å². The van der Waals surface area contributed by atoms with Crippen molar-refractivity contribution < 1.29 is 29.3 Å². The highest BCUT2D eigenvalue weighted by Gasteiger charge is 2.44. The van der Waals surface area contributed by atoms with E-state index in [1.807, 2.05) is 13.8 Å². The van der Waals surface area contributed by atoms with E-state index < -0.39 is 42.3 Å². The Morgan fingerprint density at radius 3 is 2.54 bits per heavy atom. The van der Waals surface area contributed by atoms with Gasteiger partial charge in [-0.3, -0.25) is 0 Å². The maximum Gasteiger partial charge on any atom is 0.336 e. The third-order valence-electron chi connectivity index (χ3n) is 4.67. The van der Waals surface area contributed by atoms with Crippen molar-refractivity contribution in [2.45, 2.75) is 58.0 Å². The van der Waals surface area contributed by atoms with Crippen molar-refractivity contribution in [3.63, 3.8) is 0 Å². The smallest absolute Gasteiger partial charge is 0.336 e. The summed E-state index contributed by atoms with van der Waals surface area (Å²) in [5.41, 5.74) is 1.86. The van der Waals surface area contributed by atoms with E-state index in [0.717, 1.165) is 11.1 Å². The zero-order chi connectivity index (χ0) is 19.6. The van der Waals surface area contributed by atoms with Gasteiger partial charge in [0.2, 0.25) is 0 Å². The molecule has 1 aliphatic carbocycles. The molecule has 0 radical (unpaired) electrons. The lowest BCUT2D eigenvalue weighted by Crippen LogP contribution is -2.34. The van der Waals surface area contributed by atoms with Gasteiger partial charge < -0.3 is 19.7 Å². The molecule has 2 N–H and O–H groups in total. The Morgan fingerprint density at radius 2 is 1.92 bits per heavy atom. The second-order valence-electron chi connectivity index (χ2n) is 7.07. The monoisotopic (exact) mass is 362 g/mol. The Kier molecular flexibility index (Phi) is 6.21. The highest BCUT2D eigenvalue weighted by Crippen LogP contribution is 2.36. The molecular formula is C20H26O6. The van der Waals surface area contributed by atoms with E-state index >= 15 is 0 Å². The van der Waals surface area contributed by atoms with Crippen LogP contribution in [0.25, 0.3) is 0 Å². The van der Waals surface area contributed by atoms with Crippen molar-refractivity contribution in [2.24, 2.45) is 5.92 Å². The number of aliphatic hydroxyl groups is 2. The molecule has 26 heavy (non-hydrogen) atoms. The number of hydrogen-bond acceptors (Lipinski definition) is 6. The molecular weight excluding hydrogens is 336 g/mol. The highest BCUT2D eigenvalue weighted by molar-refractivity contribution is 5.92. The Hall–Kier alpha value is -2.18.